The van der Waals surface area contributed by atoms with Gasteiger partial charge in [-0.3, -0.25) is 9.59 Å². The number of carbonyl (C=O) groups excluding carboxylic acids is 2. The van der Waals surface area contributed by atoms with Gasteiger partial charge in [0.2, 0.25) is 5.91 Å². The molecule has 0 spiro atoms. The number of allylic oxidation sites excluding steroid dienone is 6. The number of amides is 1. The summed E-state index contributed by atoms with van der Waals surface area (Å²) >= 11 is 0. The highest BCUT2D eigenvalue weighted by molar-refractivity contribution is 5.76. The molecule has 0 saturated carbocycles. The van der Waals surface area contributed by atoms with E-state index in [0.717, 1.165) is 83.5 Å². The van der Waals surface area contributed by atoms with Crippen LogP contribution >= 0.6 is 0 Å². The van der Waals surface area contributed by atoms with Crippen molar-refractivity contribution in [2.75, 3.05) is 13.2 Å². The summed E-state index contributed by atoms with van der Waals surface area (Å²) < 4.78 is 5.45. The maximum absolute atomic E-state index is 12.5. The van der Waals surface area contributed by atoms with Crippen molar-refractivity contribution < 1.29 is 24.5 Å². The van der Waals surface area contributed by atoms with Crippen molar-refractivity contribution in [2.45, 2.75) is 328 Å². The first-order chi connectivity index (χ1) is 33.0. The van der Waals surface area contributed by atoms with Crippen molar-refractivity contribution in [3.05, 3.63) is 36.5 Å². The third-order valence-corrected chi connectivity index (χ3v) is 13.7. The maximum atomic E-state index is 12.5. The summed E-state index contributed by atoms with van der Waals surface area (Å²) in [5.74, 6) is -0.108. The largest absolute Gasteiger partial charge is 0.466 e. The lowest BCUT2D eigenvalue weighted by atomic mass is 10.0. The van der Waals surface area contributed by atoms with Crippen LogP contribution in [0, 0.1) is 0 Å². The summed E-state index contributed by atoms with van der Waals surface area (Å²) in [7, 11) is 0. The lowest BCUT2D eigenvalue weighted by Crippen LogP contribution is -2.45. The molecule has 0 aliphatic heterocycles. The minimum Gasteiger partial charge on any atom is -0.466 e. The van der Waals surface area contributed by atoms with Crippen LogP contribution in [0.4, 0.5) is 0 Å². The van der Waals surface area contributed by atoms with E-state index in [1.165, 1.54) is 199 Å². The Morgan fingerprint density at radius 3 is 1.18 bits per heavy atom. The first kappa shape index (κ1) is 65.1. The third kappa shape index (κ3) is 53.3. The van der Waals surface area contributed by atoms with Crippen molar-refractivity contribution in [3.8, 4) is 0 Å². The van der Waals surface area contributed by atoms with Crippen molar-refractivity contribution in [3.63, 3.8) is 0 Å². The second-order valence-corrected chi connectivity index (χ2v) is 20.3. The van der Waals surface area contributed by atoms with Gasteiger partial charge in [-0.1, -0.05) is 256 Å². The van der Waals surface area contributed by atoms with Gasteiger partial charge < -0.3 is 20.3 Å². The van der Waals surface area contributed by atoms with Crippen LogP contribution in [-0.4, -0.2) is 47.4 Å². The Kier molecular flexibility index (Phi) is 55.0. The Hall–Kier alpha value is -1.92. The van der Waals surface area contributed by atoms with Gasteiger partial charge in [0.05, 0.1) is 25.4 Å². The van der Waals surface area contributed by atoms with Crippen molar-refractivity contribution in [2.24, 2.45) is 0 Å². The average Bonchev–Trinajstić information content (AvgIpc) is 3.33. The van der Waals surface area contributed by atoms with E-state index in [2.05, 4.69) is 55.6 Å². The molecule has 67 heavy (non-hydrogen) atoms. The van der Waals surface area contributed by atoms with Crippen molar-refractivity contribution in [1.82, 2.24) is 5.32 Å². The molecule has 6 nitrogen and oxygen atoms in total. The lowest BCUT2D eigenvalue weighted by molar-refractivity contribution is -0.143. The number of hydrogen-bond acceptors (Lipinski definition) is 5. The Labute approximate surface area is 417 Å². The monoisotopic (exact) mass is 942 g/mol. The smallest absolute Gasteiger partial charge is 0.305 e. The molecule has 6 heteroatoms. The van der Waals surface area contributed by atoms with Crippen LogP contribution in [0.3, 0.4) is 0 Å². The van der Waals surface area contributed by atoms with E-state index < -0.39 is 12.1 Å². The molecular weight excluding hydrogens is 827 g/mol. The lowest BCUT2D eigenvalue weighted by Gasteiger charge is -2.22. The minimum atomic E-state index is -0.688. The van der Waals surface area contributed by atoms with E-state index >= 15 is 0 Å². The van der Waals surface area contributed by atoms with Crippen LogP contribution in [0.25, 0.3) is 0 Å². The topological polar surface area (TPSA) is 95.9 Å². The summed E-state index contributed by atoms with van der Waals surface area (Å²) in [6.45, 7) is 4.86. The molecule has 0 aromatic heterocycles. The number of ether oxygens (including phenoxy) is 1. The molecule has 0 radical (unpaired) electrons. The van der Waals surface area contributed by atoms with E-state index in [1.54, 1.807) is 0 Å². The molecular formula is C61H115NO5. The molecule has 2 unspecified atom stereocenters. The van der Waals surface area contributed by atoms with Crippen molar-refractivity contribution >= 4 is 11.9 Å². The molecule has 2 atom stereocenters. The number of hydrogen-bond donors (Lipinski definition) is 3. The number of carbonyl (C=O) groups is 2. The zero-order valence-electron chi connectivity index (χ0n) is 44.9. The van der Waals surface area contributed by atoms with E-state index in [1.807, 2.05) is 0 Å². The molecule has 0 aromatic carbocycles. The number of aliphatic hydroxyl groups is 2. The van der Waals surface area contributed by atoms with Crippen LogP contribution in [0.1, 0.15) is 316 Å². The number of esters is 1. The molecule has 0 fully saturated rings. The summed E-state index contributed by atoms with van der Waals surface area (Å²) in [6, 6.07) is -0.569. The van der Waals surface area contributed by atoms with Gasteiger partial charge in [-0.2, -0.15) is 0 Å². The van der Waals surface area contributed by atoms with Crippen LogP contribution in [0.2, 0.25) is 0 Å². The predicted molar refractivity (Wildman–Crippen MR) is 292 cm³/mol. The number of unbranched alkanes of at least 4 members (excludes halogenated alkanes) is 38. The molecule has 394 valence electrons. The first-order valence-corrected chi connectivity index (χ1v) is 29.7. The zero-order chi connectivity index (χ0) is 48.6. The summed E-state index contributed by atoms with van der Waals surface area (Å²) in [5.41, 5.74) is 0. The Morgan fingerprint density at radius 1 is 0.418 bits per heavy atom. The Bertz CT molecular complexity index is 1090. The van der Waals surface area contributed by atoms with Gasteiger partial charge >= 0.3 is 5.97 Å². The zero-order valence-corrected chi connectivity index (χ0v) is 44.9. The fraction of sp³-hybridized carbons (Fsp3) is 0.869. The molecule has 1 amide bonds. The molecule has 0 saturated heterocycles. The van der Waals surface area contributed by atoms with Crippen LogP contribution < -0.4 is 5.32 Å². The van der Waals surface area contributed by atoms with E-state index in [0.29, 0.717) is 25.9 Å². The maximum Gasteiger partial charge on any atom is 0.305 e. The predicted octanol–water partition coefficient (Wildman–Crippen LogP) is 18.4. The van der Waals surface area contributed by atoms with Gasteiger partial charge in [0, 0.05) is 12.8 Å². The normalized spacial score (nSPS) is 12.8. The third-order valence-electron chi connectivity index (χ3n) is 13.7. The fourth-order valence-corrected chi connectivity index (χ4v) is 9.08. The van der Waals surface area contributed by atoms with Gasteiger partial charge in [-0.25, -0.2) is 0 Å². The minimum absolute atomic E-state index is 0.0395. The molecule has 0 heterocycles. The quantitative estimate of drug-likeness (QED) is 0.0321. The molecule has 3 N–H and O–H groups in total. The SMILES string of the molecule is CCCCC/C=C\C/C=C\CCCCCCCCCCCC(=O)OCCCC/C=C\CCCCCCC(=O)NC(CO)C(O)CCCCCCCCCCCCCCCCCCCCCCC. The van der Waals surface area contributed by atoms with Crippen molar-refractivity contribution in [1.29, 1.82) is 0 Å². The van der Waals surface area contributed by atoms with Gasteiger partial charge in [0.15, 0.2) is 0 Å². The Balaban J connectivity index is 3.50. The fourth-order valence-electron chi connectivity index (χ4n) is 9.08. The van der Waals surface area contributed by atoms with Crippen LogP contribution in [0.5, 0.6) is 0 Å². The molecule has 0 aromatic rings. The number of aliphatic hydroxyl groups excluding tert-OH is 2. The average molecular weight is 943 g/mol. The molecule has 0 bridgehead atoms. The van der Waals surface area contributed by atoms with Gasteiger partial charge in [-0.15, -0.1) is 0 Å². The van der Waals surface area contributed by atoms with E-state index in [9.17, 15) is 19.8 Å². The summed E-state index contributed by atoms with van der Waals surface area (Å²) in [6.07, 6.45) is 70.0. The van der Waals surface area contributed by atoms with Gasteiger partial charge in [-0.05, 0) is 83.5 Å². The summed E-state index contributed by atoms with van der Waals surface area (Å²) in [5, 5.41) is 23.3. The molecule has 0 rings (SSSR count). The van der Waals surface area contributed by atoms with E-state index in [4.69, 9.17) is 4.74 Å². The standard InChI is InChI=1S/C61H115NO5/c1-3-5-7-9-11-13-15-17-19-21-23-24-26-27-29-31-33-37-41-45-49-53-59(64)58(57-63)62-60(65)54-50-46-42-38-35-36-40-44-48-52-56-67-61(66)55-51-47-43-39-34-32-30-28-25-22-20-18-16-14-12-10-8-6-4-2/h12,14,18,20,36,40,58-59,63-64H,3-11,13,15-17,19,21-35,37-39,41-57H2,1-2H3,(H,62,65)/b14-12-,20-18-,40-36-. The highest BCUT2D eigenvalue weighted by atomic mass is 16.5. The highest BCUT2D eigenvalue weighted by Crippen LogP contribution is 2.17. The van der Waals surface area contributed by atoms with Gasteiger partial charge in [0.25, 0.3) is 0 Å². The second-order valence-electron chi connectivity index (χ2n) is 20.3. The van der Waals surface area contributed by atoms with Crippen LogP contribution in [-0.2, 0) is 14.3 Å². The second kappa shape index (κ2) is 56.7. The van der Waals surface area contributed by atoms with Crippen LogP contribution in [0.15, 0.2) is 36.5 Å². The van der Waals surface area contributed by atoms with Gasteiger partial charge in [0.1, 0.15) is 0 Å². The number of nitrogens with one attached hydrogen (secondary N) is 1. The first-order valence-electron chi connectivity index (χ1n) is 29.7. The van der Waals surface area contributed by atoms with E-state index in [-0.39, 0.29) is 18.5 Å². The molecule has 0 aliphatic carbocycles. The molecule has 0 aliphatic rings. The Morgan fingerprint density at radius 2 is 0.746 bits per heavy atom. The summed E-state index contributed by atoms with van der Waals surface area (Å²) in [4.78, 5) is 24.6. The highest BCUT2D eigenvalue weighted by Gasteiger charge is 2.20. The number of rotatable bonds is 55.